The lowest BCUT2D eigenvalue weighted by Gasteiger charge is -2.26. The fourth-order valence-corrected chi connectivity index (χ4v) is 5.66. The first-order chi connectivity index (χ1) is 20.4. The van der Waals surface area contributed by atoms with Gasteiger partial charge in [-0.25, -0.2) is 4.98 Å². The van der Waals surface area contributed by atoms with Gasteiger partial charge in [0.15, 0.2) is 0 Å². The number of nitrogens with one attached hydrogen (secondary N) is 1. The molecule has 0 bridgehead atoms. The second-order valence-electron chi connectivity index (χ2n) is 11.5. The van der Waals surface area contributed by atoms with Gasteiger partial charge >= 0.3 is 12.4 Å². The molecule has 0 radical (unpaired) electrons. The average molecular weight is 604 g/mol. The largest absolute Gasteiger partial charge is 0.416 e. The Morgan fingerprint density at radius 1 is 0.907 bits per heavy atom. The molecule has 0 aliphatic heterocycles. The highest BCUT2D eigenvalue weighted by molar-refractivity contribution is 5.85. The van der Waals surface area contributed by atoms with Gasteiger partial charge in [-0.15, -0.1) is 5.10 Å². The van der Waals surface area contributed by atoms with Crippen LogP contribution in [0.25, 0.3) is 10.9 Å². The van der Waals surface area contributed by atoms with Gasteiger partial charge in [0, 0.05) is 30.1 Å². The van der Waals surface area contributed by atoms with E-state index in [0.29, 0.717) is 17.7 Å². The van der Waals surface area contributed by atoms with Gasteiger partial charge < -0.3 is 10.2 Å². The number of aromatic nitrogens is 5. The monoisotopic (exact) mass is 603 g/mol. The predicted octanol–water partition coefficient (Wildman–Crippen LogP) is 7.17. The first kappa shape index (κ1) is 29.2. The lowest BCUT2D eigenvalue weighted by molar-refractivity contribution is -0.143. The lowest BCUT2D eigenvalue weighted by atomic mass is 10.0. The number of halogens is 6. The third-order valence-electron chi connectivity index (χ3n) is 8.12. The van der Waals surface area contributed by atoms with E-state index in [0.717, 1.165) is 66.3 Å². The molecule has 0 atom stereocenters. The van der Waals surface area contributed by atoms with Crippen molar-refractivity contribution in [1.29, 1.82) is 0 Å². The van der Waals surface area contributed by atoms with Crippen LogP contribution in [0.15, 0.2) is 42.5 Å². The number of benzene rings is 2. The van der Waals surface area contributed by atoms with Crippen LogP contribution in [0.1, 0.15) is 60.4 Å². The highest BCUT2D eigenvalue weighted by Crippen LogP contribution is 2.46. The predicted molar refractivity (Wildman–Crippen MR) is 149 cm³/mol. The summed E-state index contributed by atoms with van der Waals surface area (Å²) < 4.78 is 81.8. The maximum atomic E-state index is 13.6. The minimum atomic E-state index is -4.96. The number of nitrogens with zero attached hydrogens (tertiary/aromatic N) is 6. The van der Waals surface area contributed by atoms with Crippen molar-refractivity contribution < 1.29 is 26.3 Å². The normalized spacial score (nSPS) is 15.8. The molecule has 0 saturated heterocycles. The number of rotatable bonds is 10. The van der Waals surface area contributed by atoms with Crippen LogP contribution in [-0.2, 0) is 38.9 Å². The van der Waals surface area contributed by atoms with Crippen molar-refractivity contribution >= 4 is 22.7 Å². The second-order valence-corrected chi connectivity index (χ2v) is 11.5. The van der Waals surface area contributed by atoms with Crippen LogP contribution >= 0.6 is 0 Å². The summed E-state index contributed by atoms with van der Waals surface area (Å²) in [5.74, 6) is 1.85. The zero-order valence-electron chi connectivity index (χ0n) is 23.7. The highest BCUT2D eigenvalue weighted by Gasteiger charge is 2.42. The summed E-state index contributed by atoms with van der Waals surface area (Å²) in [6.07, 6.45) is -4.56. The molecule has 2 aliphatic carbocycles. The molecular weight excluding hydrogens is 572 g/mol. The number of hydrogen-bond donors (Lipinski definition) is 1. The van der Waals surface area contributed by atoms with E-state index in [1.54, 1.807) is 0 Å². The molecule has 2 aromatic carbocycles. The minimum absolute atomic E-state index is 0.0720. The molecule has 43 heavy (non-hydrogen) atoms. The zero-order chi connectivity index (χ0) is 30.5. The SMILES string of the molecule is CCc1cccc2cc(CN(Cc3cc(C(F)(F)F)cc(C(F)(F)F)c3)c3nnn(C)n3)c(NC(C3CC3)C3CC3)nc12. The summed E-state index contributed by atoms with van der Waals surface area (Å²) in [6.45, 7) is 1.81. The molecule has 13 heteroatoms. The molecule has 2 saturated carbocycles. The average Bonchev–Trinajstić information content (AvgIpc) is 3.89. The Labute approximate surface area is 244 Å². The molecule has 4 aromatic rings. The van der Waals surface area contributed by atoms with E-state index in [4.69, 9.17) is 4.98 Å². The number of hydrogen-bond acceptors (Lipinski definition) is 6. The Hall–Kier alpha value is -3.90. The van der Waals surface area contributed by atoms with Gasteiger partial charge in [0.25, 0.3) is 5.95 Å². The van der Waals surface area contributed by atoms with E-state index in [1.807, 2.05) is 24.3 Å². The van der Waals surface area contributed by atoms with Gasteiger partial charge in [0.2, 0.25) is 0 Å². The Balaban J connectivity index is 1.42. The van der Waals surface area contributed by atoms with E-state index in [-0.39, 0.29) is 36.7 Å². The first-order valence-corrected chi connectivity index (χ1v) is 14.3. The Bertz CT molecular complexity index is 1580. The molecule has 0 unspecified atom stereocenters. The molecule has 2 fully saturated rings. The quantitative estimate of drug-likeness (QED) is 0.194. The zero-order valence-corrected chi connectivity index (χ0v) is 23.7. The molecule has 2 aliphatic rings. The molecule has 7 nitrogen and oxygen atoms in total. The van der Waals surface area contributed by atoms with E-state index in [1.165, 1.54) is 16.7 Å². The van der Waals surface area contributed by atoms with Gasteiger partial charge in [-0.05, 0) is 84.5 Å². The summed E-state index contributed by atoms with van der Waals surface area (Å²) in [5.41, 5.74) is -0.246. The number of anilines is 2. The molecule has 1 N–H and O–H groups in total. The van der Waals surface area contributed by atoms with Gasteiger partial charge in [-0.1, -0.05) is 30.2 Å². The summed E-state index contributed by atoms with van der Waals surface area (Å²) in [6, 6.07) is 9.77. The van der Waals surface area contributed by atoms with Crippen molar-refractivity contribution in [1.82, 2.24) is 25.2 Å². The first-order valence-electron chi connectivity index (χ1n) is 14.3. The number of alkyl halides is 6. The number of aryl methyl sites for hydroxylation is 2. The van der Waals surface area contributed by atoms with Gasteiger partial charge in [0.05, 0.1) is 23.7 Å². The number of para-hydroxylation sites is 1. The topological polar surface area (TPSA) is 71.8 Å². The third-order valence-corrected chi connectivity index (χ3v) is 8.12. The lowest BCUT2D eigenvalue weighted by Crippen LogP contribution is -2.28. The number of tetrazole rings is 1. The molecule has 2 heterocycles. The van der Waals surface area contributed by atoms with Crippen LogP contribution in [0, 0.1) is 11.8 Å². The van der Waals surface area contributed by atoms with Gasteiger partial charge in [0.1, 0.15) is 5.82 Å². The Kier molecular flexibility index (Phi) is 7.45. The standard InChI is InChI=1S/C30H31F6N7/c1-3-18-5-4-6-21-13-22(27(37-25(18)21)38-26(19-7-8-19)20-9-10-20)16-43(28-39-41-42(2)40-28)15-17-11-23(29(31,32)33)14-24(12-17)30(34,35)36/h4-6,11-14,19-20,26H,3,7-10,15-16H2,1-2H3,(H,37,38). The third kappa shape index (κ3) is 6.54. The molecule has 2 aromatic heterocycles. The number of fused-ring (bicyclic) bond motifs is 1. The van der Waals surface area contributed by atoms with Crippen LogP contribution < -0.4 is 10.2 Å². The van der Waals surface area contributed by atoms with Crippen molar-refractivity contribution in [2.45, 2.75) is 70.5 Å². The molecule has 6 rings (SSSR count). The molecular formula is C30H31F6N7. The fraction of sp³-hybridized carbons (Fsp3) is 0.467. The summed E-state index contributed by atoms with van der Waals surface area (Å²) in [5, 5.41) is 16.7. The van der Waals surface area contributed by atoms with E-state index < -0.39 is 23.5 Å². The van der Waals surface area contributed by atoms with Gasteiger partial charge in [-0.2, -0.15) is 31.1 Å². The second kappa shape index (κ2) is 11.0. The Morgan fingerprint density at radius 3 is 2.09 bits per heavy atom. The Morgan fingerprint density at radius 2 is 1.56 bits per heavy atom. The highest BCUT2D eigenvalue weighted by atomic mass is 19.4. The van der Waals surface area contributed by atoms with Crippen LogP contribution in [0.3, 0.4) is 0 Å². The summed E-state index contributed by atoms with van der Waals surface area (Å²) in [7, 11) is 1.54. The number of pyridine rings is 1. The maximum Gasteiger partial charge on any atom is 0.416 e. The van der Waals surface area contributed by atoms with Crippen LogP contribution in [-0.4, -0.2) is 31.2 Å². The van der Waals surface area contributed by atoms with Crippen molar-refractivity contribution in [3.63, 3.8) is 0 Å². The van der Waals surface area contributed by atoms with Crippen molar-refractivity contribution in [2.24, 2.45) is 18.9 Å². The molecule has 228 valence electrons. The minimum Gasteiger partial charge on any atom is -0.366 e. The van der Waals surface area contributed by atoms with Crippen molar-refractivity contribution in [2.75, 3.05) is 10.2 Å². The molecule has 0 amide bonds. The van der Waals surface area contributed by atoms with E-state index >= 15 is 0 Å². The van der Waals surface area contributed by atoms with Crippen molar-refractivity contribution in [3.8, 4) is 0 Å². The van der Waals surface area contributed by atoms with Crippen LogP contribution in [0.4, 0.5) is 38.1 Å². The van der Waals surface area contributed by atoms with E-state index in [2.05, 4.69) is 27.7 Å². The van der Waals surface area contributed by atoms with Crippen molar-refractivity contribution in [3.05, 3.63) is 70.3 Å². The summed E-state index contributed by atoms with van der Waals surface area (Å²) >= 11 is 0. The van der Waals surface area contributed by atoms with Gasteiger partial charge in [-0.3, -0.25) is 0 Å². The van der Waals surface area contributed by atoms with Crippen LogP contribution in [0.2, 0.25) is 0 Å². The fourth-order valence-electron chi connectivity index (χ4n) is 5.66. The van der Waals surface area contributed by atoms with Crippen LogP contribution in [0.5, 0.6) is 0 Å². The smallest absolute Gasteiger partial charge is 0.366 e. The maximum absolute atomic E-state index is 13.6. The van der Waals surface area contributed by atoms with E-state index in [9.17, 15) is 26.3 Å². The summed E-state index contributed by atoms with van der Waals surface area (Å²) in [4.78, 5) is 7.78. The molecule has 0 spiro atoms.